The molecule has 0 aliphatic rings. The lowest BCUT2D eigenvalue weighted by Gasteiger charge is -2.11. The fraction of sp³-hybridized carbons (Fsp3) is 0.250. The molecule has 0 aliphatic carbocycles. The molecule has 0 saturated heterocycles. The maximum Gasteiger partial charge on any atom is 0.240 e. The van der Waals surface area contributed by atoms with E-state index in [-0.39, 0.29) is 23.9 Å². The van der Waals surface area contributed by atoms with Crippen molar-refractivity contribution in [2.75, 3.05) is 27.4 Å². The first-order chi connectivity index (χ1) is 11.5. The molecule has 0 saturated carbocycles. The summed E-state index contributed by atoms with van der Waals surface area (Å²) < 4.78 is 55.2. The van der Waals surface area contributed by atoms with Crippen LogP contribution in [0.2, 0.25) is 0 Å². The number of benzene rings is 2. The molecule has 0 fully saturated rings. The molecule has 2 aromatic rings. The third-order valence-corrected chi connectivity index (χ3v) is 4.60. The minimum absolute atomic E-state index is 0.0573. The summed E-state index contributed by atoms with van der Waals surface area (Å²) in [5.41, 5.74) is 0. The van der Waals surface area contributed by atoms with Crippen LogP contribution in [0.1, 0.15) is 0 Å². The number of ether oxygens (including phenoxy) is 3. The molecule has 0 unspecified atom stereocenters. The first kappa shape index (κ1) is 18.0. The van der Waals surface area contributed by atoms with E-state index in [0.29, 0.717) is 17.2 Å². The SMILES string of the molecule is COc1ccc(S(=O)(=O)NCCOc2ccc(F)cc2)cc1OC. The number of methoxy groups -OCH3 is 2. The van der Waals surface area contributed by atoms with E-state index in [0.717, 1.165) is 0 Å². The van der Waals surface area contributed by atoms with Gasteiger partial charge in [-0.3, -0.25) is 0 Å². The van der Waals surface area contributed by atoms with Gasteiger partial charge in [0.1, 0.15) is 18.2 Å². The lowest BCUT2D eigenvalue weighted by atomic mass is 10.3. The molecule has 0 bridgehead atoms. The Morgan fingerprint density at radius 1 is 1.00 bits per heavy atom. The molecule has 0 amide bonds. The molecule has 2 aromatic carbocycles. The molecular weight excluding hydrogens is 337 g/mol. The molecule has 0 aromatic heterocycles. The third kappa shape index (κ3) is 4.59. The summed E-state index contributed by atoms with van der Waals surface area (Å²) >= 11 is 0. The van der Waals surface area contributed by atoms with Crippen LogP contribution in [0.25, 0.3) is 0 Å². The predicted molar refractivity (Wildman–Crippen MR) is 86.6 cm³/mol. The van der Waals surface area contributed by atoms with Crippen LogP contribution in [0.3, 0.4) is 0 Å². The van der Waals surface area contributed by atoms with Crippen LogP contribution in [-0.4, -0.2) is 35.8 Å². The van der Waals surface area contributed by atoms with E-state index in [2.05, 4.69) is 4.72 Å². The van der Waals surface area contributed by atoms with Crippen LogP contribution in [0.15, 0.2) is 47.4 Å². The molecule has 0 atom stereocenters. The topological polar surface area (TPSA) is 73.9 Å². The number of hydrogen-bond acceptors (Lipinski definition) is 5. The molecule has 1 N–H and O–H groups in total. The van der Waals surface area contributed by atoms with Gasteiger partial charge in [-0.2, -0.15) is 0 Å². The average Bonchev–Trinajstić information content (AvgIpc) is 2.59. The van der Waals surface area contributed by atoms with Crippen molar-refractivity contribution < 1.29 is 27.0 Å². The van der Waals surface area contributed by atoms with Crippen molar-refractivity contribution >= 4 is 10.0 Å². The highest BCUT2D eigenvalue weighted by Crippen LogP contribution is 2.29. The number of sulfonamides is 1. The summed E-state index contributed by atoms with van der Waals surface area (Å²) in [5, 5.41) is 0. The standard InChI is InChI=1S/C16H18FNO5S/c1-21-15-8-7-14(11-16(15)22-2)24(19,20)18-9-10-23-13-5-3-12(17)4-6-13/h3-8,11,18H,9-10H2,1-2H3. The Kier molecular flexibility index (Phi) is 5.99. The molecule has 8 heteroatoms. The second kappa shape index (κ2) is 7.98. The van der Waals surface area contributed by atoms with E-state index in [1.54, 1.807) is 0 Å². The zero-order valence-electron chi connectivity index (χ0n) is 13.3. The van der Waals surface area contributed by atoms with E-state index < -0.39 is 10.0 Å². The molecule has 0 spiro atoms. The Morgan fingerprint density at radius 2 is 1.67 bits per heavy atom. The number of hydrogen-bond donors (Lipinski definition) is 1. The summed E-state index contributed by atoms with van der Waals surface area (Å²) in [7, 11) is -0.806. The van der Waals surface area contributed by atoms with Crippen LogP contribution in [0.5, 0.6) is 17.2 Å². The predicted octanol–water partition coefficient (Wildman–Crippen LogP) is 2.20. The first-order valence-corrected chi connectivity index (χ1v) is 8.54. The fourth-order valence-corrected chi connectivity index (χ4v) is 2.97. The maximum atomic E-state index is 12.8. The van der Waals surface area contributed by atoms with Gasteiger partial charge in [-0.1, -0.05) is 0 Å². The Balaban J connectivity index is 1.94. The number of halogens is 1. The van der Waals surface area contributed by atoms with Gasteiger partial charge < -0.3 is 14.2 Å². The minimum atomic E-state index is -3.70. The Labute approximate surface area is 140 Å². The Hall–Kier alpha value is -2.32. The van der Waals surface area contributed by atoms with E-state index in [1.165, 1.54) is 56.7 Å². The van der Waals surface area contributed by atoms with Gasteiger partial charge in [0.15, 0.2) is 11.5 Å². The van der Waals surface area contributed by atoms with Crippen molar-refractivity contribution in [3.05, 3.63) is 48.3 Å². The van der Waals surface area contributed by atoms with Crippen molar-refractivity contribution in [1.82, 2.24) is 4.72 Å². The molecule has 0 aliphatic heterocycles. The summed E-state index contributed by atoms with van der Waals surface area (Å²) in [6, 6.07) is 9.79. The van der Waals surface area contributed by atoms with Gasteiger partial charge in [-0.05, 0) is 36.4 Å². The Bertz CT molecular complexity index is 778. The van der Waals surface area contributed by atoms with Crippen molar-refractivity contribution in [1.29, 1.82) is 0 Å². The van der Waals surface area contributed by atoms with Crippen molar-refractivity contribution in [3.8, 4) is 17.2 Å². The molecule has 130 valence electrons. The monoisotopic (exact) mass is 355 g/mol. The molecule has 0 heterocycles. The van der Waals surface area contributed by atoms with Crippen molar-refractivity contribution in [2.24, 2.45) is 0 Å². The second-order valence-electron chi connectivity index (χ2n) is 4.72. The second-order valence-corrected chi connectivity index (χ2v) is 6.48. The normalized spacial score (nSPS) is 11.1. The molecule has 0 radical (unpaired) electrons. The van der Waals surface area contributed by atoms with Crippen LogP contribution in [-0.2, 0) is 10.0 Å². The quantitative estimate of drug-likeness (QED) is 0.735. The van der Waals surface area contributed by atoms with Gasteiger partial charge in [0, 0.05) is 12.6 Å². The molecule has 6 nitrogen and oxygen atoms in total. The van der Waals surface area contributed by atoms with Gasteiger partial charge >= 0.3 is 0 Å². The van der Waals surface area contributed by atoms with Crippen LogP contribution in [0.4, 0.5) is 4.39 Å². The summed E-state index contributed by atoms with van der Waals surface area (Å²) in [5.74, 6) is 0.859. The smallest absolute Gasteiger partial charge is 0.240 e. The molecular formula is C16H18FNO5S. The van der Waals surface area contributed by atoms with E-state index >= 15 is 0 Å². The van der Waals surface area contributed by atoms with Crippen molar-refractivity contribution in [2.45, 2.75) is 4.90 Å². The Morgan fingerprint density at radius 3 is 2.29 bits per heavy atom. The zero-order valence-corrected chi connectivity index (χ0v) is 14.1. The highest BCUT2D eigenvalue weighted by molar-refractivity contribution is 7.89. The minimum Gasteiger partial charge on any atom is -0.493 e. The maximum absolute atomic E-state index is 12.8. The lowest BCUT2D eigenvalue weighted by molar-refractivity contribution is 0.322. The van der Waals surface area contributed by atoms with Gasteiger partial charge in [0.2, 0.25) is 10.0 Å². The van der Waals surface area contributed by atoms with Gasteiger partial charge in [-0.15, -0.1) is 0 Å². The summed E-state index contributed by atoms with van der Waals surface area (Å²) in [4.78, 5) is 0.0573. The zero-order chi connectivity index (χ0) is 17.6. The van der Waals surface area contributed by atoms with E-state index in [4.69, 9.17) is 14.2 Å². The van der Waals surface area contributed by atoms with Crippen LogP contribution < -0.4 is 18.9 Å². The van der Waals surface area contributed by atoms with Crippen LogP contribution in [0, 0.1) is 5.82 Å². The van der Waals surface area contributed by atoms with Crippen LogP contribution >= 0.6 is 0 Å². The fourth-order valence-electron chi connectivity index (χ4n) is 1.94. The number of nitrogens with one attached hydrogen (secondary N) is 1. The highest BCUT2D eigenvalue weighted by Gasteiger charge is 2.16. The first-order valence-electron chi connectivity index (χ1n) is 7.06. The van der Waals surface area contributed by atoms with Gasteiger partial charge in [0.05, 0.1) is 19.1 Å². The largest absolute Gasteiger partial charge is 0.493 e. The average molecular weight is 355 g/mol. The van der Waals surface area contributed by atoms with Crippen molar-refractivity contribution in [3.63, 3.8) is 0 Å². The van der Waals surface area contributed by atoms with Gasteiger partial charge in [0.25, 0.3) is 0 Å². The summed E-state index contributed by atoms with van der Waals surface area (Å²) in [6.45, 7) is 0.173. The highest BCUT2D eigenvalue weighted by atomic mass is 32.2. The third-order valence-electron chi connectivity index (χ3n) is 3.14. The lowest BCUT2D eigenvalue weighted by Crippen LogP contribution is -2.28. The summed E-state index contributed by atoms with van der Waals surface area (Å²) in [6.07, 6.45) is 0. The number of rotatable bonds is 8. The van der Waals surface area contributed by atoms with E-state index in [1.807, 2.05) is 0 Å². The molecule has 2 rings (SSSR count). The van der Waals surface area contributed by atoms with E-state index in [9.17, 15) is 12.8 Å². The van der Waals surface area contributed by atoms with Gasteiger partial charge in [-0.25, -0.2) is 17.5 Å². The molecule has 24 heavy (non-hydrogen) atoms.